The van der Waals surface area contributed by atoms with Gasteiger partial charge in [0.05, 0.1) is 6.54 Å². The van der Waals surface area contributed by atoms with E-state index in [-0.39, 0.29) is 5.91 Å². The zero-order valence-electron chi connectivity index (χ0n) is 13.7. The van der Waals surface area contributed by atoms with Crippen molar-refractivity contribution in [3.05, 3.63) is 0 Å². The molecule has 1 atom stereocenters. The molecule has 2 N–H and O–H groups in total. The molecular weight excluding hydrogens is 262 g/mol. The summed E-state index contributed by atoms with van der Waals surface area (Å²) in [5, 5.41) is 6.73. The van der Waals surface area contributed by atoms with Crippen molar-refractivity contribution in [3.8, 4) is 0 Å². The number of carbonyl (C=O) groups excluding carboxylic acids is 1. The molecule has 2 rings (SSSR count). The van der Waals surface area contributed by atoms with Crippen molar-refractivity contribution in [2.45, 2.75) is 64.3 Å². The van der Waals surface area contributed by atoms with Crippen molar-refractivity contribution in [2.75, 3.05) is 32.7 Å². The third-order valence-corrected chi connectivity index (χ3v) is 4.95. The van der Waals surface area contributed by atoms with Crippen molar-refractivity contribution >= 4 is 5.91 Å². The van der Waals surface area contributed by atoms with Crippen LogP contribution in [0.5, 0.6) is 0 Å². The van der Waals surface area contributed by atoms with Gasteiger partial charge < -0.3 is 10.6 Å². The molecule has 1 aliphatic heterocycles. The Kier molecular flexibility index (Phi) is 7.51. The first-order valence-electron chi connectivity index (χ1n) is 9.00. The molecule has 2 aliphatic rings. The van der Waals surface area contributed by atoms with E-state index in [1.54, 1.807) is 0 Å². The lowest BCUT2D eigenvalue weighted by atomic mass is 9.99. The molecule has 4 heteroatoms. The summed E-state index contributed by atoms with van der Waals surface area (Å²) in [5.41, 5.74) is 0. The molecule has 0 aromatic carbocycles. The molecule has 0 radical (unpaired) electrons. The number of amides is 1. The van der Waals surface area contributed by atoms with E-state index in [0.717, 1.165) is 26.2 Å². The third-order valence-electron chi connectivity index (χ3n) is 4.95. The Hall–Kier alpha value is -0.610. The first kappa shape index (κ1) is 16.8. The number of likely N-dealkylation sites (N-methyl/N-ethyl adjacent to an activating group) is 1. The molecule has 1 amide bonds. The monoisotopic (exact) mass is 295 g/mol. The molecule has 4 nitrogen and oxygen atoms in total. The molecule has 0 bridgehead atoms. The first-order valence-corrected chi connectivity index (χ1v) is 9.00. The van der Waals surface area contributed by atoms with Gasteiger partial charge in [0.2, 0.25) is 5.91 Å². The Morgan fingerprint density at radius 2 is 1.90 bits per heavy atom. The van der Waals surface area contributed by atoms with Crippen molar-refractivity contribution in [2.24, 2.45) is 5.92 Å². The second-order valence-corrected chi connectivity index (χ2v) is 6.80. The Bertz CT molecular complexity index is 294. The molecule has 0 spiro atoms. The van der Waals surface area contributed by atoms with Gasteiger partial charge in [-0.15, -0.1) is 0 Å². The highest BCUT2D eigenvalue weighted by molar-refractivity contribution is 5.78. The highest BCUT2D eigenvalue weighted by Gasteiger charge is 2.19. The van der Waals surface area contributed by atoms with E-state index < -0.39 is 0 Å². The molecule has 1 saturated heterocycles. The number of nitrogens with zero attached hydrogens (tertiary/aromatic N) is 1. The number of nitrogens with one attached hydrogen (secondary N) is 2. The largest absolute Gasteiger partial charge is 0.352 e. The minimum absolute atomic E-state index is 0.229. The van der Waals surface area contributed by atoms with Gasteiger partial charge in [0, 0.05) is 12.6 Å². The summed E-state index contributed by atoms with van der Waals surface area (Å²) in [5.74, 6) is 0.942. The fourth-order valence-corrected chi connectivity index (χ4v) is 3.65. The number of piperidine rings is 1. The maximum atomic E-state index is 12.3. The number of rotatable bonds is 6. The summed E-state index contributed by atoms with van der Waals surface area (Å²) in [6, 6.07) is 0.426. The van der Waals surface area contributed by atoms with Crippen LogP contribution in [0.2, 0.25) is 0 Å². The average molecular weight is 295 g/mol. The predicted octanol–water partition coefficient (Wildman–Crippen LogP) is 2.15. The number of carbonyl (C=O) groups is 1. The lowest BCUT2D eigenvalue weighted by Crippen LogP contribution is -2.45. The Labute approximate surface area is 130 Å². The quantitative estimate of drug-likeness (QED) is 0.738. The molecule has 0 aromatic rings. The molecule has 1 aliphatic carbocycles. The minimum atomic E-state index is 0.229. The van der Waals surface area contributed by atoms with Gasteiger partial charge in [-0.25, -0.2) is 0 Å². The van der Waals surface area contributed by atoms with Crippen LogP contribution in [0.4, 0.5) is 0 Å². The molecule has 1 unspecified atom stereocenters. The van der Waals surface area contributed by atoms with Crippen LogP contribution in [0.1, 0.15) is 58.3 Å². The van der Waals surface area contributed by atoms with Gasteiger partial charge in [0.1, 0.15) is 0 Å². The number of hydrogen-bond donors (Lipinski definition) is 2. The SMILES string of the molecule is CCN(CC(=O)NC1CCCCCC1)CC1CCCNC1. The summed E-state index contributed by atoms with van der Waals surface area (Å²) < 4.78 is 0. The van der Waals surface area contributed by atoms with E-state index >= 15 is 0 Å². The normalized spacial score (nSPS) is 24.8. The van der Waals surface area contributed by atoms with Crippen LogP contribution in [-0.2, 0) is 4.79 Å². The van der Waals surface area contributed by atoms with Gasteiger partial charge in [-0.1, -0.05) is 32.6 Å². The second-order valence-electron chi connectivity index (χ2n) is 6.80. The molecule has 122 valence electrons. The van der Waals surface area contributed by atoms with Crippen LogP contribution in [0.15, 0.2) is 0 Å². The van der Waals surface area contributed by atoms with Crippen LogP contribution >= 0.6 is 0 Å². The van der Waals surface area contributed by atoms with E-state index in [4.69, 9.17) is 0 Å². The molecule has 1 heterocycles. The van der Waals surface area contributed by atoms with Gasteiger partial charge in [0.15, 0.2) is 0 Å². The van der Waals surface area contributed by atoms with Crippen molar-refractivity contribution in [3.63, 3.8) is 0 Å². The fourth-order valence-electron chi connectivity index (χ4n) is 3.65. The van der Waals surface area contributed by atoms with Gasteiger partial charge >= 0.3 is 0 Å². The second kappa shape index (κ2) is 9.42. The molecular formula is C17H33N3O. The summed E-state index contributed by atoms with van der Waals surface area (Å²) in [4.78, 5) is 14.6. The van der Waals surface area contributed by atoms with E-state index in [0.29, 0.717) is 18.5 Å². The molecule has 2 fully saturated rings. The third kappa shape index (κ3) is 6.35. The topological polar surface area (TPSA) is 44.4 Å². The van der Waals surface area contributed by atoms with Gasteiger partial charge in [-0.05, 0) is 51.2 Å². The Morgan fingerprint density at radius 1 is 1.14 bits per heavy atom. The van der Waals surface area contributed by atoms with E-state index in [9.17, 15) is 4.79 Å². The van der Waals surface area contributed by atoms with Crippen LogP contribution in [0.3, 0.4) is 0 Å². The van der Waals surface area contributed by atoms with Gasteiger partial charge in [-0.3, -0.25) is 9.69 Å². The smallest absolute Gasteiger partial charge is 0.234 e. The first-order chi connectivity index (χ1) is 10.3. The lowest BCUT2D eigenvalue weighted by Gasteiger charge is -2.29. The maximum Gasteiger partial charge on any atom is 0.234 e. The Morgan fingerprint density at radius 3 is 2.52 bits per heavy atom. The van der Waals surface area contributed by atoms with Crippen molar-refractivity contribution < 1.29 is 4.79 Å². The zero-order valence-corrected chi connectivity index (χ0v) is 13.7. The molecule has 0 aromatic heterocycles. The van der Waals surface area contributed by atoms with Crippen LogP contribution < -0.4 is 10.6 Å². The van der Waals surface area contributed by atoms with E-state index in [2.05, 4.69) is 22.5 Å². The van der Waals surface area contributed by atoms with Crippen LogP contribution in [0.25, 0.3) is 0 Å². The van der Waals surface area contributed by atoms with Crippen LogP contribution in [0, 0.1) is 5.92 Å². The standard InChI is InChI=1S/C17H33N3O/c1-2-20(13-15-8-7-11-18-12-15)14-17(21)19-16-9-5-3-4-6-10-16/h15-16,18H,2-14H2,1H3,(H,19,21). The van der Waals surface area contributed by atoms with Crippen molar-refractivity contribution in [1.29, 1.82) is 0 Å². The van der Waals surface area contributed by atoms with Crippen molar-refractivity contribution in [1.82, 2.24) is 15.5 Å². The predicted molar refractivity (Wildman–Crippen MR) is 87.3 cm³/mol. The average Bonchev–Trinajstić information content (AvgIpc) is 2.76. The summed E-state index contributed by atoms with van der Waals surface area (Å²) in [7, 11) is 0. The summed E-state index contributed by atoms with van der Waals surface area (Å²) in [6.45, 7) is 7.03. The zero-order chi connectivity index (χ0) is 14.9. The lowest BCUT2D eigenvalue weighted by molar-refractivity contribution is -0.123. The van der Waals surface area contributed by atoms with Gasteiger partial charge in [-0.2, -0.15) is 0 Å². The summed E-state index contributed by atoms with van der Waals surface area (Å²) in [6.07, 6.45) is 10.1. The minimum Gasteiger partial charge on any atom is -0.352 e. The number of hydrogen-bond acceptors (Lipinski definition) is 3. The fraction of sp³-hybridized carbons (Fsp3) is 0.941. The Balaban J connectivity index is 1.70. The highest BCUT2D eigenvalue weighted by atomic mass is 16.2. The summed E-state index contributed by atoms with van der Waals surface area (Å²) >= 11 is 0. The van der Waals surface area contributed by atoms with Gasteiger partial charge in [0.25, 0.3) is 0 Å². The molecule has 21 heavy (non-hydrogen) atoms. The maximum absolute atomic E-state index is 12.3. The van der Waals surface area contributed by atoms with Crippen LogP contribution in [-0.4, -0.2) is 49.6 Å². The molecule has 1 saturated carbocycles. The van der Waals surface area contributed by atoms with E-state index in [1.165, 1.54) is 51.4 Å². The highest BCUT2D eigenvalue weighted by Crippen LogP contribution is 2.17. The van der Waals surface area contributed by atoms with E-state index in [1.807, 2.05) is 0 Å².